The van der Waals surface area contributed by atoms with Crippen molar-refractivity contribution in [3.8, 4) is 0 Å². The summed E-state index contributed by atoms with van der Waals surface area (Å²) in [6, 6.07) is 17.7. The molecule has 134 valence electrons. The predicted octanol–water partition coefficient (Wildman–Crippen LogP) is 2.11. The van der Waals surface area contributed by atoms with Crippen molar-refractivity contribution >= 4 is 11.9 Å². The van der Waals surface area contributed by atoms with Crippen molar-refractivity contribution in [3.63, 3.8) is 0 Å². The summed E-state index contributed by atoms with van der Waals surface area (Å²) in [5.74, 6) is -0.472. The van der Waals surface area contributed by atoms with Crippen molar-refractivity contribution in [2.75, 3.05) is 26.2 Å². The third kappa shape index (κ3) is 3.48. The van der Waals surface area contributed by atoms with Gasteiger partial charge in [-0.2, -0.15) is 0 Å². The molecule has 0 aromatic heterocycles. The van der Waals surface area contributed by atoms with E-state index >= 15 is 0 Å². The van der Waals surface area contributed by atoms with Crippen LogP contribution in [-0.4, -0.2) is 54.0 Å². The number of carbonyl (C=O) groups excluding carboxylic acids is 2. The molecule has 1 fully saturated rings. The van der Waals surface area contributed by atoms with Gasteiger partial charge in [0.15, 0.2) is 6.10 Å². The first-order valence-electron chi connectivity index (χ1n) is 9.04. The highest BCUT2D eigenvalue weighted by atomic mass is 16.5. The molecule has 2 aromatic rings. The second-order valence-electron chi connectivity index (χ2n) is 6.84. The van der Waals surface area contributed by atoms with Crippen molar-refractivity contribution in [2.45, 2.75) is 19.1 Å². The Bertz CT molecular complexity index is 798. The van der Waals surface area contributed by atoms with Crippen molar-refractivity contribution in [1.82, 2.24) is 9.80 Å². The number of cyclic esters (lactones) is 1. The molecule has 1 saturated heterocycles. The number of hydrogen-bond acceptors (Lipinski definition) is 4. The molecule has 1 atom stereocenters. The maximum absolute atomic E-state index is 12.8. The first kappa shape index (κ1) is 16.8. The van der Waals surface area contributed by atoms with Gasteiger partial charge in [-0.3, -0.25) is 9.69 Å². The summed E-state index contributed by atoms with van der Waals surface area (Å²) in [5, 5.41) is 0. The summed E-state index contributed by atoms with van der Waals surface area (Å²) in [6.45, 7) is 3.90. The Kier molecular flexibility index (Phi) is 4.71. The number of hydrogen-bond donors (Lipinski definition) is 0. The van der Waals surface area contributed by atoms with E-state index in [1.54, 1.807) is 6.07 Å². The van der Waals surface area contributed by atoms with Crippen LogP contribution >= 0.6 is 0 Å². The van der Waals surface area contributed by atoms with Gasteiger partial charge >= 0.3 is 5.97 Å². The van der Waals surface area contributed by atoms with E-state index in [0.717, 1.165) is 25.2 Å². The zero-order chi connectivity index (χ0) is 17.9. The van der Waals surface area contributed by atoms with E-state index in [0.29, 0.717) is 25.1 Å². The standard InChI is InChI=1S/C21H22N2O3/c24-20(19-14-17-8-4-5-9-18(17)21(25)26-19)23-12-10-22(11-13-23)15-16-6-2-1-3-7-16/h1-9,19H,10-15H2/t19-/m1/s1. The van der Waals surface area contributed by atoms with E-state index in [1.807, 2.05) is 41.3 Å². The van der Waals surface area contributed by atoms with Crippen LogP contribution in [0, 0.1) is 0 Å². The summed E-state index contributed by atoms with van der Waals surface area (Å²) in [5.41, 5.74) is 2.75. The molecular formula is C21H22N2O3. The molecular weight excluding hydrogens is 328 g/mol. The fraction of sp³-hybridized carbons (Fsp3) is 0.333. The van der Waals surface area contributed by atoms with Gasteiger partial charge in [0.05, 0.1) is 5.56 Å². The molecule has 0 N–H and O–H groups in total. The highest BCUT2D eigenvalue weighted by Gasteiger charge is 2.34. The van der Waals surface area contributed by atoms with Crippen molar-refractivity contribution in [2.24, 2.45) is 0 Å². The minimum atomic E-state index is -0.696. The van der Waals surface area contributed by atoms with Crippen molar-refractivity contribution < 1.29 is 14.3 Å². The number of amides is 1. The molecule has 5 heteroatoms. The third-order valence-corrected chi connectivity index (χ3v) is 5.10. The van der Waals surface area contributed by atoms with E-state index in [2.05, 4.69) is 17.0 Å². The van der Waals surface area contributed by atoms with E-state index in [1.165, 1.54) is 5.56 Å². The number of ether oxygens (including phenoxy) is 1. The molecule has 2 heterocycles. The maximum atomic E-state index is 12.8. The van der Waals surface area contributed by atoms with Gasteiger partial charge < -0.3 is 9.64 Å². The van der Waals surface area contributed by atoms with Crippen LogP contribution < -0.4 is 0 Å². The number of piperazine rings is 1. The molecule has 2 aromatic carbocycles. The lowest BCUT2D eigenvalue weighted by molar-refractivity contribution is -0.142. The fourth-order valence-electron chi connectivity index (χ4n) is 3.64. The lowest BCUT2D eigenvalue weighted by atomic mass is 9.98. The van der Waals surface area contributed by atoms with Gasteiger partial charge in [0.25, 0.3) is 5.91 Å². The van der Waals surface area contributed by atoms with Crippen molar-refractivity contribution in [1.29, 1.82) is 0 Å². The van der Waals surface area contributed by atoms with Gasteiger partial charge in [0.2, 0.25) is 0 Å². The van der Waals surface area contributed by atoms with Crippen LogP contribution in [0.15, 0.2) is 54.6 Å². The molecule has 0 spiro atoms. The summed E-state index contributed by atoms with van der Waals surface area (Å²) >= 11 is 0. The quantitative estimate of drug-likeness (QED) is 0.796. The maximum Gasteiger partial charge on any atom is 0.339 e. The topological polar surface area (TPSA) is 49.9 Å². The van der Waals surface area contributed by atoms with E-state index in [-0.39, 0.29) is 5.91 Å². The average Bonchev–Trinajstić information content (AvgIpc) is 2.69. The molecule has 0 radical (unpaired) electrons. The monoisotopic (exact) mass is 350 g/mol. The SMILES string of the molecule is O=C1O[C@@H](C(=O)N2CCN(Cc3ccccc3)CC2)Cc2ccccc21. The zero-order valence-electron chi connectivity index (χ0n) is 14.6. The van der Waals surface area contributed by atoms with Gasteiger partial charge in [-0.1, -0.05) is 48.5 Å². The molecule has 4 rings (SSSR count). The molecule has 1 amide bonds. The lowest BCUT2D eigenvalue weighted by Gasteiger charge is -2.37. The number of carbonyl (C=O) groups is 2. The molecule has 26 heavy (non-hydrogen) atoms. The number of nitrogens with zero attached hydrogens (tertiary/aromatic N) is 2. The molecule has 0 aliphatic carbocycles. The minimum absolute atomic E-state index is 0.0767. The number of esters is 1. The second kappa shape index (κ2) is 7.30. The number of rotatable bonds is 3. The van der Waals surface area contributed by atoms with E-state index < -0.39 is 12.1 Å². The van der Waals surface area contributed by atoms with Crippen molar-refractivity contribution in [3.05, 3.63) is 71.3 Å². The Morgan fingerprint density at radius 3 is 2.42 bits per heavy atom. The van der Waals surface area contributed by atoms with Gasteiger partial charge in [-0.15, -0.1) is 0 Å². The van der Waals surface area contributed by atoms with Crippen LogP contribution in [-0.2, 0) is 22.5 Å². The highest BCUT2D eigenvalue weighted by Crippen LogP contribution is 2.22. The summed E-state index contributed by atoms with van der Waals surface area (Å²) in [6.07, 6.45) is -0.233. The van der Waals surface area contributed by atoms with E-state index in [4.69, 9.17) is 4.74 Å². The largest absolute Gasteiger partial charge is 0.448 e. The molecule has 0 unspecified atom stereocenters. The van der Waals surface area contributed by atoms with Gasteiger partial charge in [0, 0.05) is 39.1 Å². The lowest BCUT2D eigenvalue weighted by Crippen LogP contribution is -2.52. The fourth-order valence-corrected chi connectivity index (χ4v) is 3.64. The Balaban J connectivity index is 1.35. The zero-order valence-corrected chi connectivity index (χ0v) is 14.6. The van der Waals surface area contributed by atoms with Gasteiger partial charge in [0.1, 0.15) is 0 Å². The smallest absolute Gasteiger partial charge is 0.339 e. The molecule has 2 aliphatic rings. The van der Waals surface area contributed by atoms with Gasteiger partial charge in [-0.25, -0.2) is 4.79 Å². The van der Waals surface area contributed by atoms with Gasteiger partial charge in [-0.05, 0) is 17.2 Å². The van der Waals surface area contributed by atoms with Crippen LogP contribution in [0.1, 0.15) is 21.5 Å². The van der Waals surface area contributed by atoms with E-state index in [9.17, 15) is 9.59 Å². The Morgan fingerprint density at radius 2 is 1.65 bits per heavy atom. The molecule has 0 saturated carbocycles. The molecule has 0 bridgehead atoms. The van der Waals surface area contributed by atoms with Crippen LogP contribution in [0.5, 0.6) is 0 Å². The molecule has 2 aliphatic heterocycles. The Hall–Kier alpha value is -2.66. The predicted molar refractivity (Wildman–Crippen MR) is 97.6 cm³/mol. The Morgan fingerprint density at radius 1 is 0.962 bits per heavy atom. The first-order valence-corrected chi connectivity index (χ1v) is 9.04. The normalized spacial score (nSPS) is 20.4. The third-order valence-electron chi connectivity index (χ3n) is 5.10. The number of benzene rings is 2. The average molecular weight is 350 g/mol. The van der Waals surface area contributed by atoms with Crippen LogP contribution in [0.2, 0.25) is 0 Å². The van der Waals surface area contributed by atoms with Crippen LogP contribution in [0.4, 0.5) is 0 Å². The highest BCUT2D eigenvalue weighted by molar-refractivity contribution is 5.95. The first-order chi connectivity index (χ1) is 12.7. The summed E-state index contributed by atoms with van der Waals surface area (Å²) in [7, 11) is 0. The van der Waals surface area contributed by atoms with Crippen LogP contribution in [0.3, 0.4) is 0 Å². The summed E-state index contributed by atoms with van der Waals surface area (Å²) in [4.78, 5) is 29.1. The molecule has 5 nitrogen and oxygen atoms in total. The Labute approximate surface area is 153 Å². The second-order valence-corrected chi connectivity index (χ2v) is 6.84. The van der Waals surface area contributed by atoms with Crippen LogP contribution in [0.25, 0.3) is 0 Å². The summed E-state index contributed by atoms with van der Waals surface area (Å²) < 4.78 is 5.41. The minimum Gasteiger partial charge on any atom is -0.448 e. The number of fused-ring (bicyclic) bond motifs is 1.